The summed E-state index contributed by atoms with van der Waals surface area (Å²) in [6.07, 6.45) is 1.60. The van der Waals surface area contributed by atoms with E-state index in [0.717, 1.165) is 0 Å². The number of ether oxygens (including phenoxy) is 1. The SMILES string of the molecule is CC(C)n1nccc1C(=O)NCCOc1ccc(F)cc1. The third-order valence-electron chi connectivity index (χ3n) is 2.86. The second-order valence-electron chi connectivity index (χ2n) is 4.81. The monoisotopic (exact) mass is 291 g/mol. The van der Waals surface area contributed by atoms with Crippen LogP contribution in [0.25, 0.3) is 0 Å². The van der Waals surface area contributed by atoms with Crippen molar-refractivity contribution in [3.8, 4) is 5.75 Å². The minimum Gasteiger partial charge on any atom is -0.492 e. The third-order valence-corrected chi connectivity index (χ3v) is 2.86. The van der Waals surface area contributed by atoms with Crippen LogP contribution in [0, 0.1) is 5.82 Å². The molecule has 5 nitrogen and oxygen atoms in total. The summed E-state index contributed by atoms with van der Waals surface area (Å²) < 4.78 is 19.8. The summed E-state index contributed by atoms with van der Waals surface area (Å²) in [6.45, 7) is 4.59. The number of halogens is 1. The van der Waals surface area contributed by atoms with Crippen molar-refractivity contribution in [1.29, 1.82) is 0 Å². The number of aromatic nitrogens is 2. The smallest absolute Gasteiger partial charge is 0.269 e. The van der Waals surface area contributed by atoms with E-state index in [-0.39, 0.29) is 17.8 Å². The number of rotatable bonds is 6. The van der Waals surface area contributed by atoms with Gasteiger partial charge in [0.25, 0.3) is 5.91 Å². The maximum absolute atomic E-state index is 12.7. The van der Waals surface area contributed by atoms with Gasteiger partial charge >= 0.3 is 0 Å². The fourth-order valence-electron chi connectivity index (χ4n) is 1.86. The highest BCUT2D eigenvalue weighted by Gasteiger charge is 2.13. The van der Waals surface area contributed by atoms with Gasteiger partial charge in [0.2, 0.25) is 0 Å². The highest BCUT2D eigenvalue weighted by atomic mass is 19.1. The Kier molecular flexibility index (Phi) is 4.92. The Morgan fingerprint density at radius 2 is 2.05 bits per heavy atom. The predicted molar refractivity (Wildman–Crippen MR) is 76.8 cm³/mol. The van der Waals surface area contributed by atoms with Crippen LogP contribution in [0.15, 0.2) is 36.5 Å². The van der Waals surface area contributed by atoms with Gasteiger partial charge < -0.3 is 10.1 Å². The number of hydrogen-bond acceptors (Lipinski definition) is 3. The lowest BCUT2D eigenvalue weighted by atomic mass is 10.3. The van der Waals surface area contributed by atoms with Crippen LogP contribution in [-0.2, 0) is 0 Å². The van der Waals surface area contributed by atoms with Gasteiger partial charge in [-0.25, -0.2) is 4.39 Å². The number of carbonyl (C=O) groups excluding carboxylic acids is 1. The molecule has 0 radical (unpaired) electrons. The van der Waals surface area contributed by atoms with Crippen LogP contribution in [0.3, 0.4) is 0 Å². The van der Waals surface area contributed by atoms with Gasteiger partial charge in [-0.1, -0.05) is 0 Å². The van der Waals surface area contributed by atoms with E-state index >= 15 is 0 Å². The first kappa shape index (κ1) is 15.0. The molecule has 112 valence electrons. The Hall–Kier alpha value is -2.37. The van der Waals surface area contributed by atoms with E-state index in [0.29, 0.717) is 24.6 Å². The van der Waals surface area contributed by atoms with Crippen LogP contribution < -0.4 is 10.1 Å². The molecule has 1 aromatic heterocycles. The number of hydrogen-bond donors (Lipinski definition) is 1. The molecule has 1 aromatic carbocycles. The molecular formula is C15H18FN3O2. The van der Waals surface area contributed by atoms with Crippen LogP contribution in [0.1, 0.15) is 30.4 Å². The zero-order valence-electron chi connectivity index (χ0n) is 12.0. The van der Waals surface area contributed by atoms with E-state index in [2.05, 4.69) is 10.4 Å². The molecule has 1 amide bonds. The Morgan fingerprint density at radius 1 is 1.33 bits per heavy atom. The fourth-order valence-corrected chi connectivity index (χ4v) is 1.86. The Bertz CT molecular complexity index is 593. The van der Waals surface area contributed by atoms with Gasteiger partial charge in [0.05, 0.1) is 6.54 Å². The van der Waals surface area contributed by atoms with Crippen LogP contribution in [0.5, 0.6) is 5.75 Å². The molecule has 0 bridgehead atoms. The molecule has 0 aliphatic rings. The quantitative estimate of drug-likeness (QED) is 0.832. The summed E-state index contributed by atoms with van der Waals surface area (Å²) in [4.78, 5) is 12.0. The minimum absolute atomic E-state index is 0.121. The fraction of sp³-hybridized carbons (Fsp3) is 0.333. The molecule has 0 saturated heterocycles. The molecule has 0 atom stereocenters. The Balaban J connectivity index is 1.79. The van der Waals surface area contributed by atoms with E-state index in [9.17, 15) is 9.18 Å². The molecule has 0 fully saturated rings. The lowest BCUT2D eigenvalue weighted by molar-refractivity contribution is 0.0934. The summed E-state index contributed by atoms with van der Waals surface area (Å²) >= 11 is 0. The topological polar surface area (TPSA) is 56.2 Å². The number of amides is 1. The van der Waals surface area contributed by atoms with Gasteiger partial charge in [-0.15, -0.1) is 0 Å². The maximum Gasteiger partial charge on any atom is 0.269 e. The average molecular weight is 291 g/mol. The van der Waals surface area contributed by atoms with Crippen LogP contribution >= 0.6 is 0 Å². The molecule has 0 saturated carbocycles. The number of nitrogens with zero attached hydrogens (tertiary/aromatic N) is 2. The molecule has 2 aromatic rings. The zero-order chi connectivity index (χ0) is 15.2. The number of nitrogens with one attached hydrogen (secondary N) is 1. The number of benzene rings is 1. The van der Waals surface area contributed by atoms with E-state index < -0.39 is 0 Å². The summed E-state index contributed by atoms with van der Waals surface area (Å²) in [6, 6.07) is 7.55. The highest BCUT2D eigenvalue weighted by Crippen LogP contribution is 2.10. The minimum atomic E-state index is -0.308. The summed E-state index contributed by atoms with van der Waals surface area (Å²) in [7, 11) is 0. The van der Waals surface area contributed by atoms with Crippen molar-refractivity contribution < 1.29 is 13.9 Å². The molecule has 0 aliphatic heterocycles. The van der Waals surface area contributed by atoms with E-state index in [4.69, 9.17) is 4.74 Å². The van der Waals surface area contributed by atoms with Gasteiger partial charge in [0.1, 0.15) is 23.9 Å². The predicted octanol–water partition coefficient (Wildman–Crippen LogP) is 2.41. The van der Waals surface area contributed by atoms with Crippen molar-refractivity contribution >= 4 is 5.91 Å². The Morgan fingerprint density at radius 3 is 2.71 bits per heavy atom. The zero-order valence-corrected chi connectivity index (χ0v) is 12.0. The van der Waals surface area contributed by atoms with E-state index in [1.54, 1.807) is 29.1 Å². The van der Waals surface area contributed by atoms with Crippen molar-refractivity contribution in [2.45, 2.75) is 19.9 Å². The van der Waals surface area contributed by atoms with Crippen LogP contribution in [0.2, 0.25) is 0 Å². The Labute approximate surface area is 122 Å². The molecular weight excluding hydrogens is 273 g/mol. The molecule has 0 unspecified atom stereocenters. The normalized spacial score (nSPS) is 10.7. The molecule has 0 aliphatic carbocycles. The van der Waals surface area contributed by atoms with Crippen LogP contribution in [-0.4, -0.2) is 28.8 Å². The lowest BCUT2D eigenvalue weighted by Crippen LogP contribution is -2.30. The van der Waals surface area contributed by atoms with Gasteiger partial charge in [-0.05, 0) is 44.2 Å². The molecule has 1 heterocycles. The molecule has 1 N–H and O–H groups in total. The first-order valence-corrected chi connectivity index (χ1v) is 6.78. The second-order valence-corrected chi connectivity index (χ2v) is 4.81. The largest absolute Gasteiger partial charge is 0.492 e. The molecule has 0 spiro atoms. The van der Waals surface area contributed by atoms with Gasteiger partial charge in [0.15, 0.2) is 0 Å². The summed E-state index contributed by atoms with van der Waals surface area (Å²) in [5.74, 6) is 0.0689. The number of carbonyl (C=O) groups is 1. The molecule has 21 heavy (non-hydrogen) atoms. The van der Waals surface area contributed by atoms with Gasteiger partial charge in [-0.2, -0.15) is 5.10 Å². The van der Waals surface area contributed by atoms with E-state index in [1.807, 2.05) is 13.8 Å². The summed E-state index contributed by atoms with van der Waals surface area (Å²) in [5, 5.41) is 6.87. The highest BCUT2D eigenvalue weighted by molar-refractivity contribution is 5.92. The maximum atomic E-state index is 12.7. The first-order chi connectivity index (χ1) is 10.1. The van der Waals surface area contributed by atoms with Crippen molar-refractivity contribution in [1.82, 2.24) is 15.1 Å². The average Bonchev–Trinajstić information content (AvgIpc) is 2.95. The standard InChI is InChI=1S/C15H18FN3O2/c1-11(2)19-14(7-8-18-19)15(20)17-9-10-21-13-5-3-12(16)4-6-13/h3-8,11H,9-10H2,1-2H3,(H,17,20). The van der Waals surface area contributed by atoms with Crippen molar-refractivity contribution in [2.75, 3.05) is 13.2 Å². The third kappa shape index (κ3) is 4.05. The molecule has 2 rings (SSSR count). The first-order valence-electron chi connectivity index (χ1n) is 6.78. The second kappa shape index (κ2) is 6.88. The van der Waals surface area contributed by atoms with Crippen molar-refractivity contribution in [3.05, 3.63) is 48.0 Å². The lowest BCUT2D eigenvalue weighted by Gasteiger charge is -2.11. The van der Waals surface area contributed by atoms with Gasteiger partial charge in [0, 0.05) is 12.2 Å². The van der Waals surface area contributed by atoms with Gasteiger partial charge in [-0.3, -0.25) is 9.48 Å². The molecule has 6 heteroatoms. The van der Waals surface area contributed by atoms with Crippen LogP contribution in [0.4, 0.5) is 4.39 Å². The van der Waals surface area contributed by atoms with Crippen molar-refractivity contribution in [2.24, 2.45) is 0 Å². The summed E-state index contributed by atoms with van der Waals surface area (Å²) in [5.41, 5.74) is 0.520. The van der Waals surface area contributed by atoms with E-state index in [1.165, 1.54) is 12.1 Å². The van der Waals surface area contributed by atoms with Crippen molar-refractivity contribution in [3.63, 3.8) is 0 Å².